The molecule has 1 aromatic carbocycles. The lowest BCUT2D eigenvalue weighted by Gasteiger charge is -2.23. The van der Waals surface area contributed by atoms with Crippen LogP contribution in [0.15, 0.2) is 24.3 Å². The summed E-state index contributed by atoms with van der Waals surface area (Å²) in [5.41, 5.74) is 0.473. The van der Waals surface area contributed by atoms with Gasteiger partial charge in [-0.15, -0.1) is 5.10 Å². The van der Waals surface area contributed by atoms with E-state index in [9.17, 15) is 4.39 Å². The van der Waals surface area contributed by atoms with Crippen molar-refractivity contribution in [2.45, 2.75) is 25.3 Å². The molecular formula is C14H15FN4. The Bertz CT molecular complexity index is 618. The quantitative estimate of drug-likeness (QED) is 0.900. The number of hydrogen-bond acceptors (Lipinski definition) is 3. The molecule has 4 rings (SSSR count). The van der Waals surface area contributed by atoms with Gasteiger partial charge in [-0.25, -0.2) is 9.07 Å². The zero-order valence-electron chi connectivity index (χ0n) is 10.5. The highest BCUT2D eigenvalue weighted by Gasteiger charge is 2.36. The van der Waals surface area contributed by atoms with Crippen molar-refractivity contribution in [3.8, 4) is 11.4 Å². The summed E-state index contributed by atoms with van der Waals surface area (Å²) < 4.78 is 15.8. The van der Waals surface area contributed by atoms with Crippen LogP contribution in [0.5, 0.6) is 0 Å². The van der Waals surface area contributed by atoms with Crippen LogP contribution < -0.4 is 5.32 Å². The summed E-state index contributed by atoms with van der Waals surface area (Å²) in [5.74, 6) is 1.72. The van der Waals surface area contributed by atoms with Gasteiger partial charge in [0.05, 0.1) is 11.6 Å². The van der Waals surface area contributed by atoms with E-state index in [1.54, 1.807) is 12.1 Å². The normalized spacial score (nSPS) is 21.8. The van der Waals surface area contributed by atoms with Crippen LogP contribution in [0.2, 0.25) is 0 Å². The van der Waals surface area contributed by atoms with Gasteiger partial charge in [0.25, 0.3) is 0 Å². The maximum atomic E-state index is 13.8. The molecule has 98 valence electrons. The van der Waals surface area contributed by atoms with Crippen molar-refractivity contribution in [2.75, 3.05) is 11.9 Å². The van der Waals surface area contributed by atoms with Crippen LogP contribution >= 0.6 is 0 Å². The van der Waals surface area contributed by atoms with Gasteiger partial charge in [0.2, 0.25) is 5.95 Å². The van der Waals surface area contributed by atoms with E-state index < -0.39 is 0 Å². The SMILES string of the molecule is Fc1ccccc1-c1nc2n(n1)C(C1CC1)CCN2. The molecule has 1 fully saturated rings. The first-order valence-electron chi connectivity index (χ1n) is 6.78. The van der Waals surface area contributed by atoms with E-state index in [0.29, 0.717) is 17.4 Å². The highest BCUT2D eigenvalue weighted by Crippen LogP contribution is 2.43. The Morgan fingerprint density at radius 1 is 1.21 bits per heavy atom. The zero-order chi connectivity index (χ0) is 12.8. The zero-order valence-corrected chi connectivity index (χ0v) is 10.5. The topological polar surface area (TPSA) is 42.7 Å². The van der Waals surface area contributed by atoms with Gasteiger partial charge < -0.3 is 5.32 Å². The van der Waals surface area contributed by atoms with Crippen molar-refractivity contribution in [2.24, 2.45) is 5.92 Å². The van der Waals surface area contributed by atoms with Gasteiger partial charge in [-0.1, -0.05) is 12.1 Å². The minimum absolute atomic E-state index is 0.270. The van der Waals surface area contributed by atoms with Crippen LogP contribution in [0.4, 0.5) is 10.3 Å². The van der Waals surface area contributed by atoms with Crippen LogP contribution in [0.25, 0.3) is 11.4 Å². The molecule has 0 saturated heterocycles. The summed E-state index contributed by atoms with van der Waals surface area (Å²) in [6.45, 7) is 0.927. The molecule has 1 unspecified atom stereocenters. The fourth-order valence-corrected chi connectivity index (χ4v) is 2.80. The monoisotopic (exact) mass is 258 g/mol. The van der Waals surface area contributed by atoms with Gasteiger partial charge in [-0.2, -0.15) is 4.98 Å². The number of halogens is 1. The summed E-state index contributed by atoms with van der Waals surface area (Å²) in [5, 5.41) is 7.78. The molecule has 1 aromatic heterocycles. The molecule has 1 aliphatic heterocycles. The first kappa shape index (κ1) is 11.0. The smallest absolute Gasteiger partial charge is 0.221 e. The number of nitrogens with one attached hydrogen (secondary N) is 1. The Labute approximate surface area is 110 Å². The van der Waals surface area contributed by atoms with Crippen LogP contribution in [0.3, 0.4) is 0 Å². The van der Waals surface area contributed by atoms with Crippen molar-refractivity contribution >= 4 is 5.95 Å². The lowest BCUT2D eigenvalue weighted by molar-refractivity contribution is 0.375. The number of anilines is 1. The van der Waals surface area contributed by atoms with Gasteiger partial charge in [0.1, 0.15) is 5.82 Å². The standard InChI is InChI=1S/C14H15FN4/c15-11-4-2-1-3-10(11)13-17-14-16-8-7-12(9-5-6-9)19(14)18-13/h1-4,9,12H,5-8H2,(H,16,17,18). The molecule has 0 bridgehead atoms. The number of nitrogens with zero attached hydrogens (tertiary/aromatic N) is 3. The van der Waals surface area contributed by atoms with E-state index in [0.717, 1.165) is 24.8 Å². The molecule has 4 nitrogen and oxygen atoms in total. The highest BCUT2D eigenvalue weighted by atomic mass is 19.1. The fraction of sp³-hybridized carbons (Fsp3) is 0.429. The summed E-state index contributed by atoms with van der Waals surface area (Å²) in [4.78, 5) is 4.44. The molecule has 0 radical (unpaired) electrons. The van der Waals surface area contributed by atoms with Crippen molar-refractivity contribution in [1.29, 1.82) is 0 Å². The third-order valence-corrected chi connectivity index (χ3v) is 3.95. The second kappa shape index (κ2) is 4.05. The molecule has 0 amide bonds. The summed E-state index contributed by atoms with van der Waals surface area (Å²) in [6, 6.07) is 7.10. The van der Waals surface area contributed by atoms with E-state index in [1.807, 2.05) is 10.7 Å². The third kappa shape index (κ3) is 1.80. The Morgan fingerprint density at radius 2 is 2.05 bits per heavy atom. The first-order chi connectivity index (χ1) is 9.33. The van der Waals surface area contributed by atoms with Crippen molar-refractivity contribution in [3.63, 3.8) is 0 Å². The Kier molecular flexibility index (Phi) is 2.33. The van der Waals surface area contributed by atoms with E-state index in [2.05, 4.69) is 15.4 Å². The predicted molar refractivity (Wildman–Crippen MR) is 70.3 cm³/mol. The predicted octanol–water partition coefficient (Wildman–Crippen LogP) is 2.85. The lowest BCUT2D eigenvalue weighted by Crippen LogP contribution is -2.25. The molecule has 1 saturated carbocycles. The maximum Gasteiger partial charge on any atom is 0.221 e. The van der Waals surface area contributed by atoms with Crippen molar-refractivity contribution < 1.29 is 4.39 Å². The Balaban J connectivity index is 1.77. The number of aromatic nitrogens is 3. The fourth-order valence-electron chi connectivity index (χ4n) is 2.80. The van der Waals surface area contributed by atoms with E-state index >= 15 is 0 Å². The number of hydrogen-bond donors (Lipinski definition) is 1. The molecule has 2 heterocycles. The van der Waals surface area contributed by atoms with Crippen molar-refractivity contribution in [3.05, 3.63) is 30.1 Å². The largest absolute Gasteiger partial charge is 0.354 e. The van der Waals surface area contributed by atoms with Gasteiger partial charge >= 0.3 is 0 Å². The number of rotatable bonds is 2. The minimum Gasteiger partial charge on any atom is -0.354 e. The van der Waals surface area contributed by atoms with E-state index in [-0.39, 0.29) is 5.82 Å². The molecule has 2 aromatic rings. The Morgan fingerprint density at radius 3 is 2.84 bits per heavy atom. The molecular weight excluding hydrogens is 243 g/mol. The summed E-state index contributed by atoms with van der Waals surface area (Å²) >= 11 is 0. The van der Waals surface area contributed by atoms with Crippen LogP contribution in [0, 0.1) is 11.7 Å². The van der Waals surface area contributed by atoms with E-state index in [4.69, 9.17) is 0 Å². The molecule has 0 spiro atoms. The van der Waals surface area contributed by atoms with Gasteiger partial charge in [0, 0.05) is 6.54 Å². The lowest BCUT2D eigenvalue weighted by atomic mass is 10.1. The summed E-state index contributed by atoms with van der Waals surface area (Å²) in [7, 11) is 0. The Hall–Kier alpha value is -1.91. The first-order valence-corrected chi connectivity index (χ1v) is 6.78. The molecule has 1 N–H and O–H groups in total. The number of benzene rings is 1. The second-order valence-corrected chi connectivity index (χ2v) is 5.30. The third-order valence-electron chi connectivity index (χ3n) is 3.95. The average Bonchev–Trinajstić information content (AvgIpc) is 3.17. The van der Waals surface area contributed by atoms with Gasteiger partial charge in [0.15, 0.2) is 5.82 Å². The average molecular weight is 258 g/mol. The second-order valence-electron chi connectivity index (χ2n) is 5.30. The van der Waals surface area contributed by atoms with Gasteiger partial charge in [-0.3, -0.25) is 0 Å². The summed E-state index contributed by atoms with van der Waals surface area (Å²) in [6.07, 6.45) is 3.63. The van der Waals surface area contributed by atoms with Crippen LogP contribution in [-0.4, -0.2) is 21.3 Å². The molecule has 2 aliphatic rings. The molecule has 1 aliphatic carbocycles. The van der Waals surface area contributed by atoms with Crippen LogP contribution in [-0.2, 0) is 0 Å². The van der Waals surface area contributed by atoms with Gasteiger partial charge in [-0.05, 0) is 37.3 Å². The molecule has 5 heteroatoms. The highest BCUT2D eigenvalue weighted by molar-refractivity contribution is 5.57. The molecule has 19 heavy (non-hydrogen) atoms. The molecule has 1 atom stereocenters. The van der Waals surface area contributed by atoms with Crippen LogP contribution in [0.1, 0.15) is 25.3 Å². The maximum absolute atomic E-state index is 13.8. The minimum atomic E-state index is -0.270. The van der Waals surface area contributed by atoms with Crippen molar-refractivity contribution in [1.82, 2.24) is 14.8 Å². The number of fused-ring (bicyclic) bond motifs is 1. The van der Waals surface area contributed by atoms with E-state index in [1.165, 1.54) is 18.9 Å².